The molecule has 0 saturated carbocycles. The Balaban J connectivity index is 1.63. The molecule has 1 aliphatic heterocycles. The number of hydrogen-bond acceptors (Lipinski definition) is 3. The van der Waals surface area contributed by atoms with Crippen molar-refractivity contribution in [1.29, 1.82) is 0 Å². The zero-order chi connectivity index (χ0) is 14.7. The quantitative estimate of drug-likeness (QED) is 0.910. The Kier molecular flexibility index (Phi) is 3.77. The molecule has 0 bridgehead atoms. The van der Waals surface area contributed by atoms with Crippen molar-refractivity contribution in [3.05, 3.63) is 60.2 Å². The van der Waals surface area contributed by atoms with E-state index in [9.17, 15) is 9.90 Å². The van der Waals surface area contributed by atoms with Gasteiger partial charge in [0.15, 0.2) is 0 Å². The summed E-state index contributed by atoms with van der Waals surface area (Å²) in [6, 6.07) is 16.8. The van der Waals surface area contributed by atoms with Crippen LogP contribution in [-0.4, -0.2) is 35.0 Å². The minimum atomic E-state index is -0.0248. The van der Waals surface area contributed by atoms with Gasteiger partial charge in [0.25, 0.3) is 5.91 Å². The van der Waals surface area contributed by atoms with Gasteiger partial charge in [-0.1, -0.05) is 24.3 Å². The molecule has 2 aromatic rings. The molecule has 21 heavy (non-hydrogen) atoms. The Morgan fingerprint density at radius 1 is 1.14 bits per heavy atom. The molecule has 1 fully saturated rings. The molecule has 1 atom stereocenters. The molecule has 0 radical (unpaired) electrons. The third kappa shape index (κ3) is 3.16. The second-order valence-corrected chi connectivity index (χ2v) is 5.30. The number of hydrogen-bond donors (Lipinski definition) is 2. The Morgan fingerprint density at radius 2 is 1.95 bits per heavy atom. The number of carbonyl (C=O) groups excluding carboxylic acids is 1. The third-order valence-corrected chi connectivity index (χ3v) is 3.71. The van der Waals surface area contributed by atoms with Crippen molar-refractivity contribution in [3.63, 3.8) is 0 Å². The summed E-state index contributed by atoms with van der Waals surface area (Å²) >= 11 is 0. The zero-order valence-corrected chi connectivity index (χ0v) is 11.7. The number of benzene rings is 2. The van der Waals surface area contributed by atoms with Crippen LogP contribution in [0.25, 0.3) is 0 Å². The zero-order valence-electron chi connectivity index (χ0n) is 11.7. The summed E-state index contributed by atoms with van der Waals surface area (Å²) in [7, 11) is 0. The van der Waals surface area contributed by atoms with Crippen LogP contribution in [-0.2, 0) is 0 Å². The molecule has 3 rings (SSSR count). The van der Waals surface area contributed by atoms with Gasteiger partial charge in [0, 0.05) is 30.4 Å². The molecule has 108 valence electrons. The van der Waals surface area contributed by atoms with E-state index in [1.807, 2.05) is 35.2 Å². The standard InChI is InChI=1S/C17H18N2O2/c20-16-8-4-5-13(11-16)17(21)19-10-9-15(12-19)18-14-6-2-1-3-7-14/h1-8,11,15,18,20H,9-10,12H2. The first kappa shape index (κ1) is 13.5. The fourth-order valence-electron chi connectivity index (χ4n) is 2.65. The van der Waals surface area contributed by atoms with E-state index in [-0.39, 0.29) is 17.7 Å². The highest BCUT2D eigenvalue weighted by Crippen LogP contribution is 2.19. The number of para-hydroxylation sites is 1. The summed E-state index contributed by atoms with van der Waals surface area (Å²) in [6.07, 6.45) is 0.930. The van der Waals surface area contributed by atoms with E-state index in [4.69, 9.17) is 0 Å². The number of nitrogens with one attached hydrogen (secondary N) is 1. The van der Waals surface area contributed by atoms with E-state index in [1.54, 1.807) is 18.2 Å². The number of nitrogens with zero attached hydrogens (tertiary/aromatic N) is 1. The summed E-state index contributed by atoms with van der Waals surface area (Å²) in [4.78, 5) is 14.2. The van der Waals surface area contributed by atoms with Crippen LogP contribution in [0.3, 0.4) is 0 Å². The van der Waals surface area contributed by atoms with Crippen molar-refractivity contribution in [2.45, 2.75) is 12.5 Å². The van der Waals surface area contributed by atoms with Crippen molar-refractivity contribution in [3.8, 4) is 5.75 Å². The summed E-state index contributed by atoms with van der Waals surface area (Å²) in [5, 5.41) is 12.9. The molecule has 4 heteroatoms. The maximum Gasteiger partial charge on any atom is 0.254 e. The Morgan fingerprint density at radius 3 is 2.71 bits per heavy atom. The lowest BCUT2D eigenvalue weighted by Gasteiger charge is -2.18. The number of rotatable bonds is 3. The minimum Gasteiger partial charge on any atom is -0.508 e. The Labute approximate surface area is 124 Å². The van der Waals surface area contributed by atoms with Crippen LogP contribution < -0.4 is 5.32 Å². The fourth-order valence-corrected chi connectivity index (χ4v) is 2.65. The molecule has 1 saturated heterocycles. The summed E-state index contributed by atoms with van der Waals surface area (Å²) in [6.45, 7) is 1.42. The maximum atomic E-state index is 12.4. The number of aromatic hydroxyl groups is 1. The van der Waals surface area contributed by atoms with Gasteiger partial charge in [-0.3, -0.25) is 4.79 Å². The average molecular weight is 282 g/mol. The van der Waals surface area contributed by atoms with Gasteiger partial charge in [-0.25, -0.2) is 0 Å². The first-order valence-corrected chi connectivity index (χ1v) is 7.12. The molecular formula is C17H18N2O2. The molecule has 2 aromatic carbocycles. The van der Waals surface area contributed by atoms with Crippen LogP contribution in [0.4, 0.5) is 5.69 Å². The Bertz CT molecular complexity index is 628. The highest BCUT2D eigenvalue weighted by Gasteiger charge is 2.26. The normalized spacial score (nSPS) is 17.7. The van der Waals surface area contributed by atoms with Gasteiger partial charge in [-0.2, -0.15) is 0 Å². The lowest BCUT2D eigenvalue weighted by molar-refractivity contribution is 0.0791. The van der Waals surface area contributed by atoms with Gasteiger partial charge in [0.05, 0.1) is 0 Å². The maximum absolute atomic E-state index is 12.4. The first-order chi connectivity index (χ1) is 10.2. The van der Waals surface area contributed by atoms with E-state index < -0.39 is 0 Å². The van der Waals surface area contributed by atoms with Gasteiger partial charge in [0.1, 0.15) is 5.75 Å². The lowest BCUT2D eigenvalue weighted by Crippen LogP contribution is -2.31. The van der Waals surface area contributed by atoms with Gasteiger partial charge in [0.2, 0.25) is 0 Å². The lowest BCUT2D eigenvalue weighted by atomic mass is 10.2. The van der Waals surface area contributed by atoms with Crippen molar-refractivity contribution >= 4 is 11.6 Å². The number of carbonyl (C=O) groups is 1. The largest absolute Gasteiger partial charge is 0.508 e. The van der Waals surface area contributed by atoms with Crippen molar-refractivity contribution in [2.75, 3.05) is 18.4 Å². The van der Waals surface area contributed by atoms with Gasteiger partial charge >= 0.3 is 0 Å². The van der Waals surface area contributed by atoms with Crippen LogP contribution in [0.5, 0.6) is 5.75 Å². The molecular weight excluding hydrogens is 264 g/mol. The predicted molar refractivity (Wildman–Crippen MR) is 82.5 cm³/mol. The SMILES string of the molecule is O=C(c1cccc(O)c1)N1CCC(Nc2ccccc2)C1. The molecule has 1 unspecified atom stereocenters. The van der Waals surface area contributed by atoms with Crippen LogP contribution in [0.15, 0.2) is 54.6 Å². The molecule has 4 nitrogen and oxygen atoms in total. The van der Waals surface area contributed by atoms with Crippen molar-refractivity contribution in [2.24, 2.45) is 0 Å². The number of phenolic OH excluding ortho intramolecular Hbond substituents is 1. The average Bonchev–Trinajstić information content (AvgIpc) is 2.96. The summed E-state index contributed by atoms with van der Waals surface area (Å²) in [5.41, 5.74) is 1.62. The third-order valence-electron chi connectivity index (χ3n) is 3.71. The van der Waals surface area contributed by atoms with E-state index in [0.29, 0.717) is 12.1 Å². The second kappa shape index (κ2) is 5.87. The first-order valence-electron chi connectivity index (χ1n) is 7.12. The van der Waals surface area contributed by atoms with Crippen LogP contribution in [0, 0.1) is 0 Å². The van der Waals surface area contributed by atoms with E-state index in [0.717, 1.165) is 18.7 Å². The van der Waals surface area contributed by atoms with Crippen molar-refractivity contribution < 1.29 is 9.90 Å². The van der Waals surface area contributed by atoms with E-state index >= 15 is 0 Å². The highest BCUT2D eigenvalue weighted by molar-refractivity contribution is 5.94. The number of anilines is 1. The van der Waals surface area contributed by atoms with Gasteiger partial charge in [-0.15, -0.1) is 0 Å². The summed E-state index contributed by atoms with van der Waals surface area (Å²) in [5.74, 6) is 0.0993. The van der Waals surface area contributed by atoms with Crippen LogP contribution in [0.1, 0.15) is 16.8 Å². The molecule has 1 amide bonds. The second-order valence-electron chi connectivity index (χ2n) is 5.30. The molecule has 1 heterocycles. The molecule has 0 spiro atoms. The van der Waals surface area contributed by atoms with Crippen molar-refractivity contribution in [1.82, 2.24) is 4.90 Å². The van der Waals surface area contributed by atoms with E-state index in [1.165, 1.54) is 6.07 Å². The number of amides is 1. The van der Waals surface area contributed by atoms with Gasteiger partial charge in [-0.05, 0) is 36.8 Å². The Hall–Kier alpha value is -2.49. The van der Waals surface area contributed by atoms with Gasteiger partial charge < -0.3 is 15.3 Å². The molecule has 1 aliphatic rings. The fraction of sp³-hybridized carbons (Fsp3) is 0.235. The molecule has 0 aliphatic carbocycles. The minimum absolute atomic E-state index is 0.0248. The monoisotopic (exact) mass is 282 g/mol. The highest BCUT2D eigenvalue weighted by atomic mass is 16.3. The predicted octanol–water partition coefficient (Wildman–Crippen LogP) is 2.72. The molecule has 2 N–H and O–H groups in total. The molecule has 0 aromatic heterocycles. The van der Waals surface area contributed by atoms with E-state index in [2.05, 4.69) is 5.32 Å². The number of phenols is 1. The topological polar surface area (TPSA) is 52.6 Å². The number of likely N-dealkylation sites (tertiary alicyclic amines) is 1. The smallest absolute Gasteiger partial charge is 0.254 e. The summed E-state index contributed by atoms with van der Waals surface area (Å²) < 4.78 is 0. The van der Waals surface area contributed by atoms with Crippen LogP contribution in [0.2, 0.25) is 0 Å². The van der Waals surface area contributed by atoms with Crippen LogP contribution >= 0.6 is 0 Å².